The zero-order valence-corrected chi connectivity index (χ0v) is 15.6. The molecule has 4 heteroatoms. The molecule has 0 aromatic heterocycles. The van der Waals surface area contributed by atoms with Gasteiger partial charge in [-0.1, -0.05) is 88.7 Å². The lowest BCUT2D eigenvalue weighted by Gasteiger charge is -2.21. The Hall–Kier alpha value is -0.0900. The maximum atomic E-state index is 10.4. The zero-order valence-electron chi connectivity index (χ0n) is 14.0. The topological polar surface area (TPSA) is 26.3 Å². The smallest absolute Gasteiger partial charge is 0.294 e. The molecule has 0 saturated carbocycles. The van der Waals surface area contributed by atoms with Crippen molar-refractivity contribution in [3.8, 4) is 0 Å². The maximum absolute atomic E-state index is 10.4. The van der Waals surface area contributed by atoms with Crippen molar-refractivity contribution in [2.24, 2.45) is 0 Å². The van der Waals surface area contributed by atoms with Crippen molar-refractivity contribution in [1.29, 1.82) is 0 Å². The van der Waals surface area contributed by atoms with Gasteiger partial charge in [-0.25, -0.2) is 0 Å². The highest BCUT2D eigenvalue weighted by Gasteiger charge is 2.21. The highest BCUT2D eigenvalue weighted by molar-refractivity contribution is 8.23. The maximum Gasteiger partial charge on any atom is 0.294 e. The molecule has 2 nitrogen and oxygen atoms in total. The van der Waals surface area contributed by atoms with E-state index in [1.807, 2.05) is 13.8 Å². The second-order valence-electron chi connectivity index (χ2n) is 6.02. The third kappa shape index (κ3) is 14.6. The average molecular weight is 333 g/mol. The molecule has 0 aromatic rings. The molecular weight excluding hydrogens is 300 g/mol. The van der Waals surface area contributed by atoms with E-state index >= 15 is 0 Å². The molecular formula is C17H32O2S2. The lowest BCUT2D eigenvalue weighted by molar-refractivity contribution is -0.133. The molecule has 0 fully saturated rings. The minimum atomic E-state index is -0.530. The Bertz CT molecular complexity index is 278. The van der Waals surface area contributed by atoms with E-state index in [1.54, 1.807) is 0 Å². The summed E-state index contributed by atoms with van der Waals surface area (Å²) in [5, 5.41) is 0. The molecule has 0 aliphatic carbocycles. The van der Waals surface area contributed by atoms with Gasteiger partial charge in [0.2, 0.25) is 0 Å². The molecule has 0 amide bonds. The van der Waals surface area contributed by atoms with Crippen LogP contribution in [0.25, 0.3) is 0 Å². The molecule has 0 bridgehead atoms. The van der Waals surface area contributed by atoms with Gasteiger partial charge in [-0.2, -0.15) is 0 Å². The normalized spacial score (nSPS) is 11.4. The summed E-state index contributed by atoms with van der Waals surface area (Å²) in [7, 11) is 0. The van der Waals surface area contributed by atoms with Crippen molar-refractivity contribution in [1.82, 2.24) is 0 Å². The average Bonchev–Trinajstić information content (AvgIpc) is 2.40. The predicted molar refractivity (Wildman–Crippen MR) is 97.9 cm³/mol. The van der Waals surface area contributed by atoms with Gasteiger partial charge in [0.15, 0.2) is 4.93 Å². The lowest BCUT2D eigenvalue weighted by Crippen LogP contribution is -2.20. The first-order valence-corrected chi connectivity index (χ1v) is 9.57. The van der Waals surface area contributed by atoms with Crippen LogP contribution in [0.3, 0.4) is 0 Å². The van der Waals surface area contributed by atoms with E-state index in [4.69, 9.17) is 17.0 Å². The quantitative estimate of drug-likeness (QED) is 0.162. The van der Waals surface area contributed by atoms with E-state index in [2.05, 4.69) is 6.92 Å². The predicted octanol–water partition coefficient (Wildman–Crippen LogP) is 6.27. The number of carbonyl (C=O) groups excluding carboxylic acids is 1. The number of carbonyl (C=O) groups is 1. The van der Waals surface area contributed by atoms with Gasteiger partial charge in [0, 0.05) is 0 Å². The number of thiocarbonyl (C=S) groups is 1. The van der Waals surface area contributed by atoms with Gasteiger partial charge in [-0.15, -0.1) is 0 Å². The molecule has 0 aliphatic heterocycles. The van der Waals surface area contributed by atoms with Crippen LogP contribution in [-0.4, -0.2) is 15.6 Å². The van der Waals surface area contributed by atoms with Crippen LogP contribution in [0, 0.1) is 0 Å². The van der Waals surface area contributed by atoms with Gasteiger partial charge in [-0.05, 0) is 26.7 Å². The fraction of sp³-hybridized carbons (Fsp3) is 0.882. The van der Waals surface area contributed by atoms with Gasteiger partial charge in [-0.3, -0.25) is 4.79 Å². The van der Waals surface area contributed by atoms with Crippen LogP contribution < -0.4 is 0 Å². The Morgan fingerprint density at radius 1 is 1.00 bits per heavy atom. The van der Waals surface area contributed by atoms with Gasteiger partial charge >= 0.3 is 0 Å². The van der Waals surface area contributed by atoms with Crippen LogP contribution in [0.4, 0.5) is 0 Å². The monoisotopic (exact) mass is 332 g/mol. The second-order valence-corrected chi connectivity index (χ2v) is 8.45. The summed E-state index contributed by atoms with van der Waals surface area (Å²) in [4.78, 5) is 9.84. The number of hydrogen-bond acceptors (Lipinski definition) is 4. The lowest BCUT2D eigenvalue weighted by atomic mass is 10.1. The van der Waals surface area contributed by atoms with E-state index in [9.17, 15) is 4.79 Å². The Morgan fingerprint density at radius 3 is 1.95 bits per heavy atom. The fourth-order valence-electron chi connectivity index (χ4n) is 2.22. The second kappa shape index (κ2) is 13.6. The summed E-state index contributed by atoms with van der Waals surface area (Å²) >= 11 is 6.83. The number of ether oxygens (including phenoxy) is 1. The number of rotatable bonds is 14. The Balaban J connectivity index is 3.38. The summed E-state index contributed by atoms with van der Waals surface area (Å²) < 4.78 is 5.94. The van der Waals surface area contributed by atoms with Crippen molar-refractivity contribution in [3.63, 3.8) is 0 Å². The largest absolute Gasteiger partial charge is 0.450 e. The van der Waals surface area contributed by atoms with E-state index in [1.165, 1.54) is 69.5 Å². The van der Waals surface area contributed by atoms with E-state index in [-0.39, 0.29) is 0 Å². The van der Waals surface area contributed by atoms with Crippen LogP contribution in [-0.2, 0) is 9.53 Å². The molecule has 0 spiro atoms. The van der Waals surface area contributed by atoms with E-state index < -0.39 is 4.93 Å². The van der Waals surface area contributed by atoms with Gasteiger partial charge < -0.3 is 4.74 Å². The van der Waals surface area contributed by atoms with Crippen molar-refractivity contribution in [2.75, 3.05) is 0 Å². The summed E-state index contributed by atoms with van der Waals surface area (Å²) in [5.41, 5.74) is 0. The standard InChI is InChI=1S/C17H32O2S2/c1-4-5-6-7-8-9-10-11-12-13-14-16(20)21-17(2,3)19-15-18/h15H,4-14H2,1-3H3. The summed E-state index contributed by atoms with van der Waals surface area (Å²) in [5.74, 6) is 0. The minimum absolute atomic E-state index is 0.496. The van der Waals surface area contributed by atoms with Crippen LogP contribution in [0.5, 0.6) is 0 Å². The zero-order chi connectivity index (χ0) is 16.0. The van der Waals surface area contributed by atoms with Gasteiger partial charge in [0.25, 0.3) is 6.47 Å². The fourth-order valence-corrected chi connectivity index (χ4v) is 3.85. The molecule has 124 valence electrons. The highest BCUT2D eigenvalue weighted by Crippen LogP contribution is 2.28. The number of hydrogen-bond donors (Lipinski definition) is 0. The van der Waals surface area contributed by atoms with Crippen LogP contribution in [0.2, 0.25) is 0 Å². The first kappa shape index (κ1) is 20.9. The molecule has 0 radical (unpaired) electrons. The van der Waals surface area contributed by atoms with Crippen molar-refractivity contribution in [2.45, 2.75) is 96.3 Å². The Morgan fingerprint density at radius 2 is 1.48 bits per heavy atom. The summed E-state index contributed by atoms with van der Waals surface area (Å²) in [6, 6.07) is 0. The molecule has 21 heavy (non-hydrogen) atoms. The molecule has 0 N–H and O–H groups in total. The first-order valence-electron chi connectivity index (χ1n) is 8.35. The van der Waals surface area contributed by atoms with E-state index in [0.29, 0.717) is 6.47 Å². The molecule has 0 atom stereocenters. The van der Waals surface area contributed by atoms with Crippen molar-refractivity contribution in [3.05, 3.63) is 0 Å². The third-order valence-corrected chi connectivity index (χ3v) is 4.90. The first-order chi connectivity index (χ1) is 10.0. The van der Waals surface area contributed by atoms with Crippen LogP contribution >= 0.6 is 24.0 Å². The highest BCUT2D eigenvalue weighted by atomic mass is 32.2. The SMILES string of the molecule is CCCCCCCCCCCCC(=S)SC(C)(C)OC=O. The molecule has 0 rings (SSSR count). The Labute approximate surface area is 140 Å². The third-order valence-electron chi connectivity index (χ3n) is 3.43. The molecule has 0 aliphatic rings. The van der Waals surface area contributed by atoms with E-state index in [0.717, 1.165) is 17.0 Å². The van der Waals surface area contributed by atoms with Crippen molar-refractivity contribution >= 4 is 34.6 Å². The van der Waals surface area contributed by atoms with Gasteiger partial charge in [0.1, 0.15) is 0 Å². The molecule has 0 heterocycles. The van der Waals surface area contributed by atoms with Crippen LogP contribution in [0.1, 0.15) is 91.4 Å². The summed E-state index contributed by atoms with van der Waals surface area (Å²) in [6.45, 7) is 6.50. The Kier molecular flexibility index (Phi) is 13.5. The van der Waals surface area contributed by atoms with Gasteiger partial charge in [0.05, 0.1) is 4.20 Å². The molecule has 0 aromatic carbocycles. The number of unbranched alkanes of at least 4 members (excludes halogenated alkanes) is 9. The molecule has 0 unspecified atom stereocenters. The van der Waals surface area contributed by atoms with Crippen molar-refractivity contribution < 1.29 is 9.53 Å². The molecule has 0 saturated heterocycles. The number of thioether (sulfide) groups is 1. The minimum Gasteiger partial charge on any atom is -0.450 e. The van der Waals surface area contributed by atoms with Crippen LogP contribution in [0.15, 0.2) is 0 Å². The summed E-state index contributed by atoms with van der Waals surface area (Å²) in [6.07, 6.45) is 14.3.